The average molecular weight is 289 g/mol. The summed E-state index contributed by atoms with van der Waals surface area (Å²) in [7, 11) is 0. The molecule has 0 heterocycles. The third-order valence-corrected chi connectivity index (χ3v) is 4.71. The minimum Gasteiger partial charge on any atom is -0.388 e. The number of rotatable bonds is 3. The highest BCUT2D eigenvalue weighted by Crippen LogP contribution is 2.36. The summed E-state index contributed by atoms with van der Waals surface area (Å²) in [4.78, 5) is 12.0. The van der Waals surface area contributed by atoms with Gasteiger partial charge in [0.25, 0.3) is 0 Å². The molecule has 0 radical (unpaired) electrons. The average Bonchev–Trinajstić information content (AvgIpc) is 2.61. The van der Waals surface area contributed by atoms with E-state index >= 15 is 0 Å². The summed E-state index contributed by atoms with van der Waals surface area (Å²) in [6.07, 6.45) is 5.78. The number of carbonyl (C=O) groups excluding carboxylic acids is 1. The van der Waals surface area contributed by atoms with Gasteiger partial charge in [-0.3, -0.25) is 4.79 Å². The van der Waals surface area contributed by atoms with Crippen molar-refractivity contribution in [3.8, 4) is 0 Å². The van der Waals surface area contributed by atoms with Crippen LogP contribution in [0.25, 0.3) is 0 Å². The third-order valence-electron chi connectivity index (χ3n) is 4.71. The summed E-state index contributed by atoms with van der Waals surface area (Å²) in [6, 6.07) is 0. The molecule has 116 valence electrons. The van der Waals surface area contributed by atoms with E-state index in [9.17, 15) is 18.7 Å². The third kappa shape index (κ3) is 4.40. The van der Waals surface area contributed by atoms with E-state index in [0.717, 1.165) is 38.5 Å². The molecule has 20 heavy (non-hydrogen) atoms. The number of hydrogen-bond acceptors (Lipinski definition) is 2. The summed E-state index contributed by atoms with van der Waals surface area (Å²) in [6.45, 7) is 0.263. The predicted octanol–water partition coefficient (Wildman–Crippen LogP) is 3.01. The van der Waals surface area contributed by atoms with Crippen LogP contribution in [0.4, 0.5) is 8.78 Å². The first-order chi connectivity index (χ1) is 9.40. The lowest BCUT2D eigenvalue weighted by atomic mass is 9.86. The maximum absolute atomic E-state index is 13.1. The molecule has 0 aromatic rings. The molecule has 0 aliphatic heterocycles. The van der Waals surface area contributed by atoms with Gasteiger partial charge in [-0.1, -0.05) is 25.7 Å². The Kier molecular flexibility index (Phi) is 4.99. The van der Waals surface area contributed by atoms with Crippen molar-refractivity contribution in [2.24, 2.45) is 5.92 Å². The van der Waals surface area contributed by atoms with Crippen molar-refractivity contribution in [2.45, 2.75) is 75.7 Å². The summed E-state index contributed by atoms with van der Waals surface area (Å²) in [5.74, 6) is -3.09. The molecule has 0 atom stereocenters. The minimum absolute atomic E-state index is 0.168. The molecule has 2 saturated carbocycles. The van der Waals surface area contributed by atoms with Crippen LogP contribution in [0.15, 0.2) is 0 Å². The van der Waals surface area contributed by atoms with Crippen LogP contribution in [0, 0.1) is 5.92 Å². The highest BCUT2D eigenvalue weighted by atomic mass is 19.3. The first-order valence-electron chi connectivity index (χ1n) is 7.78. The van der Waals surface area contributed by atoms with Gasteiger partial charge in [0.05, 0.1) is 5.60 Å². The van der Waals surface area contributed by atoms with Crippen molar-refractivity contribution >= 4 is 5.91 Å². The zero-order valence-corrected chi connectivity index (χ0v) is 12.0. The Bertz CT molecular complexity index is 329. The first kappa shape index (κ1) is 15.7. The molecule has 0 unspecified atom stereocenters. The van der Waals surface area contributed by atoms with Gasteiger partial charge >= 0.3 is 0 Å². The van der Waals surface area contributed by atoms with Gasteiger partial charge in [0.2, 0.25) is 11.8 Å². The number of amides is 1. The van der Waals surface area contributed by atoms with Crippen LogP contribution in [0.2, 0.25) is 0 Å². The van der Waals surface area contributed by atoms with Crippen LogP contribution in [-0.4, -0.2) is 29.1 Å². The highest BCUT2D eigenvalue weighted by Gasteiger charge is 2.38. The standard InChI is InChI=1S/C15H25F2NO2/c16-15(17)9-5-12(6-10-15)13(19)18-11-14(20)7-3-1-2-4-8-14/h12,20H,1-11H2,(H,18,19). The Labute approximate surface area is 119 Å². The Hall–Kier alpha value is -0.710. The highest BCUT2D eigenvalue weighted by molar-refractivity contribution is 5.78. The molecule has 5 heteroatoms. The van der Waals surface area contributed by atoms with Gasteiger partial charge in [0, 0.05) is 25.3 Å². The van der Waals surface area contributed by atoms with Gasteiger partial charge in [0.1, 0.15) is 0 Å². The fraction of sp³-hybridized carbons (Fsp3) is 0.933. The van der Waals surface area contributed by atoms with Crippen LogP contribution < -0.4 is 5.32 Å². The molecule has 0 saturated heterocycles. The monoisotopic (exact) mass is 289 g/mol. The molecular formula is C15H25F2NO2. The largest absolute Gasteiger partial charge is 0.388 e. The molecule has 2 N–H and O–H groups in total. The maximum atomic E-state index is 13.1. The molecular weight excluding hydrogens is 264 g/mol. The quantitative estimate of drug-likeness (QED) is 0.785. The number of carbonyl (C=O) groups is 1. The van der Waals surface area contributed by atoms with Crippen LogP contribution in [-0.2, 0) is 4.79 Å². The lowest BCUT2D eigenvalue weighted by molar-refractivity contribution is -0.130. The van der Waals surface area contributed by atoms with Gasteiger partial charge in [-0.2, -0.15) is 0 Å². The first-order valence-corrected chi connectivity index (χ1v) is 7.78. The normalized spacial score (nSPS) is 26.8. The Morgan fingerprint density at radius 1 is 1.05 bits per heavy atom. The fourth-order valence-corrected chi connectivity index (χ4v) is 3.26. The number of alkyl halides is 2. The van der Waals surface area contributed by atoms with Gasteiger partial charge in [-0.25, -0.2) is 8.78 Å². The molecule has 0 aromatic heterocycles. The van der Waals surface area contributed by atoms with Crippen LogP contribution >= 0.6 is 0 Å². The van der Waals surface area contributed by atoms with E-state index in [-0.39, 0.29) is 44.1 Å². The second-order valence-electron chi connectivity index (χ2n) is 6.49. The molecule has 0 aromatic carbocycles. The number of aliphatic hydroxyl groups is 1. The smallest absolute Gasteiger partial charge is 0.248 e. The molecule has 2 aliphatic carbocycles. The van der Waals surface area contributed by atoms with Crippen molar-refractivity contribution in [1.29, 1.82) is 0 Å². The van der Waals surface area contributed by atoms with Gasteiger partial charge in [-0.15, -0.1) is 0 Å². The van der Waals surface area contributed by atoms with E-state index in [2.05, 4.69) is 5.32 Å². The molecule has 2 fully saturated rings. The second kappa shape index (κ2) is 6.37. The van der Waals surface area contributed by atoms with Crippen molar-refractivity contribution in [3.05, 3.63) is 0 Å². The molecule has 0 spiro atoms. The van der Waals surface area contributed by atoms with Gasteiger partial charge < -0.3 is 10.4 Å². The van der Waals surface area contributed by atoms with Crippen molar-refractivity contribution < 1.29 is 18.7 Å². The van der Waals surface area contributed by atoms with Gasteiger partial charge in [-0.05, 0) is 25.7 Å². The lowest BCUT2D eigenvalue weighted by Gasteiger charge is -2.30. The van der Waals surface area contributed by atoms with E-state index in [1.54, 1.807) is 0 Å². The number of halogens is 2. The van der Waals surface area contributed by atoms with E-state index in [0.29, 0.717) is 0 Å². The Balaban J connectivity index is 1.77. The van der Waals surface area contributed by atoms with Crippen LogP contribution in [0.3, 0.4) is 0 Å². The second-order valence-corrected chi connectivity index (χ2v) is 6.49. The predicted molar refractivity (Wildman–Crippen MR) is 72.6 cm³/mol. The molecule has 2 aliphatic rings. The zero-order valence-electron chi connectivity index (χ0n) is 12.0. The van der Waals surface area contributed by atoms with Crippen molar-refractivity contribution in [3.63, 3.8) is 0 Å². The van der Waals surface area contributed by atoms with Gasteiger partial charge in [0.15, 0.2) is 0 Å². The molecule has 3 nitrogen and oxygen atoms in total. The summed E-state index contributed by atoms with van der Waals surface area (Å²) >= 11 is 0. The SMILES string of the molecule is O=C(NCC1(O)CCCCCC1)C1CCC(F)(F)CC1. The number of nitrogens with one attached hydrogen (secondary N) is 1. The maximum Gasteiger partial charge on any atom is 0.248 e. The van der Waals surface area contributed by atoms with Crippen LogP contribution in [0.5, 0.6) is 0 Å². The summed E-state index contributed by atoms with van der Waals surface area (Å²) in [5, 5.41) is 13.2. The lowest BCUT2D eigenvalue weighted by Crippen LogP contribution is -2.45. The number of hydrogen-bond donors (Lipinski definition) is 2. The molecule has 0 bridgehead atoms. The van der Waals surface area contributed by atoms with Crippen molar-refractivity contribution in [1.82, 2.24) is 5.32 Å². The summed E-state index contributed by atoms with van der Waals surface area (Å²) in [5.41, 5.74) is -0.801. The Morgan fingerprint density at radius 2 is 1.60 bits per heavy atom. The summed E-state index contributed by atoms with van der Waals surface area (Å²) < 4.78 is 26.1. The Morgan fingerprint density at radius 3 is 2.15 bits per heavy atom. The van der Waals surface area contributed by atoms with Crippen molar-refractivity contribution in [2.75, 3.05) is 6.54 Å². The van der Waals surface area contributed by atoms with E-state index in [1.807, 2.05) is 0 Å². The zero-order chi connectivity index (χ0) is 14.6. The fourth-order valence-electron chi connectivity index (χ4n) is 3.26. The minimum atomic E-state index is -2.60. The molecule has 1 amide bonds. The van der Waals surface area contributed by atoms with E-state index in [4.69, 9.17) is 0 Å². The van der Waals surface area contributed by atoms with Crippen LogP contribution in [0.1, 0.15) is 64.2 Å². The van der Waals surface area contributed by atoms with E-state index in [1.165, 1.54) is 0 Å². The van der Waals surface area contributed by atoms with E-state index < -0.39 is 11.5 Å². The molecule has 2 rings (SSSR count). The topological polar surface area (TPSA) is 49.3 Å².